The van der Waals surface area contributed by atoms with Gasteiger partial charge in [-0.2, -0.15) is 0 Å². The lowest BCUT2D eigenvalue weighted by atomic mass is 10.1. The zero-order valence-electron chi connectivity index (χ0n) is 11.3. The normalized spacial score (nSPS) is 12.6. The lowest BCUT2D eigenvalue weighted by molar-refractivity contribution is 0.501. The Kier molecular flexibility index (Phi) is 4.93. The zero-order chi connectivity index (χ0) is 12.9. The molecule has 0 spiro atoms. The molecule has 0 radical (unpaired) electrons. The summed E-state index contributed by atoms with van der Waals surface area (Å²) < 4.78 is 0. The number of aliphatic imine (C=N–C) groups is 1. The van der Waals surface area contributed by atoms with Crippen LogP contribution in [0, 0.1) is 6.92 Å². The summed E-state index contributed by atoms with van der Waals surface area (Å²) in [5.41, 5.74) is 0.0274. The van der Waals surface area contributed by atoms with Gasteiger partial charge in [-0.15, -0.1) is 11.3 Å². The van der Waals surface area contributed by atoms with E-state index in [4.69, 9.17) is 0 Å². The molecule has 0 atom stereocenters. The summed E-state index contributed by atoms with van der Waals surface area (Å²) in [5, 5.41) is 7.78. The van der Waals surface area contributed by atoms with Gasteiger partial charge in [0.15, 0.2) is 5.96 Å². The predicted octanol–water partition coefficient (Wildman–Crippen LogP) is 1.96. The molecule has 1 aromatic rings. The first kappa shape index (κ1) is 14.0. The Labute approximate surface area is 108 Å². The number of aryl methyl sites for hydroxylation is 1. The number of aromatic nitrogens is 1. The van der Waals surface area contributed by atoms with E-state index in [1.54, 1.807) is 18.4 Å². The molecule has 0 amide bonds. The first-order valence-electron chi connectivity index (χ1n) is 5.81. The molecular formula is C12H22N4S. The van der Waals surface area contributed by atoms with Crippen LogP contribution in [0.3, 0.4) is 0 Å². The Balaban J connectivity index is 2.34. The average molecular weight is 254 g/mol. The molecule has 0 aliphatic rings. The molecule has 17 heavy (non-hydrogen) atoms. The summed E-state index contributed by atoms with van der Waals surface area (Å²) >= 11 is 1.75. The van der Waals surface area contributed by atoms with Crippen molar-refractivity contribution in [2.45, 2.75) is 39.7 Å². The Morgan fingerprint density at radius 1 is 1.47 bits per heavy atom. The van der Waals surface area contributed by atoms with Gasteiger partial charge < -0.3 is 10.6 Å². The molecule has 4 nitrogen and oxygen atoms in total. The van der Waals surface area contributed by atoms with E-state index < -0.39 is 0 Å². The van der Waals surface area contributed by atoms with Crippen LogP contribution >= 0.6 is 11.3 Å². The van der Waals surface area contributed by atoms with Crippen molar-refractivity contribution in [2.75, 3.05) is 13.6 Å². The fraction of sp³-hybridized carbons (Fsp3) is 0.667. The van der Waals surface area contributed by atoms with Gasteiger partial charge in [0, 0.05) is 36.6 Å². The number of nitrogens with one attached hydrogen (secondary N) is 2. The molecule has 5 heteroatoms. The van der Waals surface area contributed by atoms with Crippen LogP contribution in [0.15, 0.2) is 11.2 Å². The molecule has 1 heterocycles. The van der Waals surface area contributed by atoms with Gasteiger partial charge in [0.2, 0.25) is 0 Å². The van der Waals surface area contributed by atoms with Crippen LogP contribution in [0.1, 0.15) is 30.7 Å². The number of hydrogen-bond acceptors (Lipinski definition) is 3. The molecule has 0 unspecified atom stereocenters. The highest BCUT2D eigenvalue weighted by atomic mass is 32.1. The van der Waals surface area contributed by atoms with E-state index in [2.05, 4.69) is 48.3 Å². The summed E-state index contributed by atoms with van der Waals surface area (Å²) in [5.74, 6) is 0.839. The van der Waals surface area contributed by atoms with Crippen molar-refractivity contribution >= 4 is 17.3 Å². The minimum atomic E-state index is 0.0274. The van der Waals surface area contributed by atoms with Crippen LogP contribution in [-0.4, -0.2) is 30.1 Å². The number of hydrogen-bond donors (Lipinski definition) is 2. The van der Waals surface area contributed by atoms with Crippen LogP contribution in [0.25, 0.3) is 0 Å². The highest BCUT2D eigenvalue weighted by Gasteiger charge is 2.11. The van der Waals surface area contributed by atoms with Gasteiger partial charge in [-0.25, -0.2) is 4.98 Å². The molecule has 0 aliphatic carbocycles. The van der Waals surface area contributed by atoms with Crippen LogP contribution in [0.4, 0.5) is 0 Å². The van der Waals surface area contributed by atoms with Gasteiger partial charge in [-0.1, -0.05) is 0 Å². The van der Waals surface area contributed by atoms with Gasteiger partial charge in [0.05, 0.1) is 5.01 Å². The summed E-state index contributed by atoms with van der Waals surface area (Å²) in [6.07, 6.45) is 2.85. The van der Waals surface area contributed by atoms with E-state index in [0.29, 0.717) is 0 Å². The standard InChI is InChI=1S/C12H22N4S/c1-9-8-15-10(17-9)6-7-14-11(13-5)16-12(2,3)4/h8H,6-7H2,1-5H3,(H2,13,14,16). The quantitative estimate of drug-likeness (QED) is 0.640. The molecule has 2 N–H and O–H groups in total. The predicted molar refractivity (Wildman–Crippen MR) is 74.8 cm³/mol. The first-order chi connectivity index (χ1) is 7.90. The van der Waals surface area contributed by atoms with Gasteiger partial charge in [-0.3, -0.25) is 4.99 Å². The maximum absolute atomic E-state index is 4.33. The molecular weight excluding hydrogens is 232 g/mol. The molecule has 0 bridgehead atoms. The van der Waals surface area contributed by atoms with Crippen LogP contribution < -0.4 is 10.6 Å². The molecule has 1 aromatic heterocycles. The van der Waals surface area contributed by atoms with E-state index in [-0.39, 0.29) is 5.54 Å². The molecule has 0 saturated carbocycles. The van der Waals surface area contributed by atoms with Crippen molar-refractivity contribution in [2.24, 2.45) is 4.99 Å². The molecule has 0 aromatic carbocycles. The van der Waals surface area contributed by atoms with E-state index in [1.165, 1.54) is 9.88 Å². The zero-order valence-corrected chi connectivity index (χ0v) is 12.1. The van der Waals surface area contributed by atoms with Gasteiger partial charge in [0.1, 0.15) is 0 Å². The smallest absolute Gasteiger partial charge is 0.191 e. The third kappa shape index (κ3) is 5.68. The maximum Gasteiger partial charge on any atom is 0.191 e. The topological polar surface area (TPSA) is 49.3 Å². The fourth-order valence-electron chi connectivity index (χ4n) is 1.34. The van der Waals surface area contributed by atoms with E-state index >= 15 is 0 Å². The number of rotatable bonds is 3. The van der Waals surface area contributed by atoms with E-state index in [0.717, 1.165) is 18.9 Å². The third-order valence-corrected chi connectivity index (χ3v) is 2.99. The minimum absolute atomic E-state index is 0.0274. The molecule has 96 valence electrons. The van der Waals surface area contributed by atoms with Crippen LogP contribution in [0.5, 0.6) is 0 Å². The van der Waals surface area contributed by atoms with Crippen molar-refractivity contribution in [3.8, 4) is 0 Å². The summed E-state index contributed by atoms with van der Waals surface area (Å²) in [6, 6.07) is 0. The Hall–Kier alpha value is -1.10. The maximum atomic E-state index is 4.33. The lowest BCUT2D eigenvalue weighted by Crippen LogP contribution is -2.48. The summed E-state index contributed by atoms with van der Waals surface area (Å²) in [6.45, 7) is 9.27. The Bertz CT molecular complexity index is 376. The van der Waals surface area contributed by atoms with Crippen LogP contribution in [0.2, 0.25) is 0 Å². The second-order valence-electron chi connectivity index (χ2n) is 4.99. The van der Waals surface area contributed by atoms with Crippen molar-refractivity contribution < 1.29 is 0 Å². The second-order valence-corrected chi connectivity index (χ2v) is 6.31. The second kappa shape index (κ2) is 6.00. The minimum Gasteiger partial charge on any atom is -0.356 e. The monoisotopic (exact) mass is 254 g/mol. The molecule has 0 fully saturated rings. The van der Waals surface area contributed by atoms with Crippen molar-refractivity contribution in [1.29, 1.82) is 0 Å². The number of nitrogens with zero attached hydrogens (tertiary/aromatic N) is 2. The van der Waals surface area contributed by atoms with Gasteiger partial charge in [-0.05, 0) is 27.7 Å². The first-order valence-corrected chi connectivity index (χ1v) is 6.62. The number of thiazole rings is 1. The van der Waals surface area contributed by atoms with E-state index in [1.807, 2.05) is 6.20 Å². The average Bonchev–Trinajstić information content (AvgIpc) is 2.61. The highest BCUT2D eigenvalue weighted by molar-refractivity contribution is 7.11. The largest absolute Gasteiger partial charge is 0.356 e. The number of guanidine groups is 1. The molecule has 0 aliphatic heterocycles. The van der Waals surface area contributed by atoms with Gasteiger partial charge >= 0.3 is 0 Å². The molecule has 1 rings (SSSR count). The lowest BCUT2D eigenvalue weighted by Gasteiger charge is -2.23. The van der Waals surface area contributed by atoms with E-state index in [9.17, 15) is 0 Å². The fourth-order valence-corrected chi connectivity index (χ4v) is 2.13. The Morgan fingerprint density at radius 2 is 2.18 bits per heavy atom. The van der Waals surface area contributed by atoms with Crippen molar-refractivity contribution in [3.63, 3.8) is 0 Å². The van der Waals surface area contributed by atoms with Crippen molar-refractivity contribution in [1.82, 2.24) is 15.6 Å². The SMILES string of the molecule is CN=C(NCCc1ncc(C)s1)NC(C)(C)C. The van der Waals surface area contributed by atoms with Crippen molar-refractivity contribution in [3.05, 3.63) is 16.1 Å². The van der Waals surface area contributed by atoms with Crippen LogP contribution in [-0.2, 0) is 6.42 Å². The summed E-state index contributed by atoms with van der Waals surface area (Å²) in [4.78, 5) is 9.78. The summed E-state index contributed by atoms with van der Waals surface area (Å²) in [7, 11) is 1.79. The highest BCUT2D eigenvalue weighted by Crippen LogP contribution is 2.10. The third-order valence-electron chi connectivity index (χ3n) is 2.02. The van der Waals surface area contributed by atoms with Gasteiger partial charge in [0.25, 0.3) is 0 Å². The Morgan fingerprint density at radius 3 is 2.65 bits per heavy atom. The molecule has 0 saturated heterocycles.